The Kier molecular flexibility index (Phi) is 4.20. The maximum absolute atomic E-state index is 12.4. The number of ether oxygens (including phenoxy) is 1. The van der Waals surface area contributed by atoms with Gasteiger partial charge in [0, 0.05) is 12.5 Å². The Bertz CT molecular complexity index is 639. The maximum Gasteiger partial charge on any atom is 0.324 e. The van der Waals surface area contributed by atoms with E-state index in [1.165, 1.54) is 0 Å². The summed E-state index contributed by atoms with van der Waals surface area (Å²) in [6, 6.07) is 8.22. The van der Waals surface area contributed by atoms with Gasteiger partial charge < -0.3 is 9.84 Å². The van der Waals surface area contributed by atoms with Crippen molar-refractivity contribution in [1.29, 1.82) is 0 Å². The molecule has 2 fully saturated rings. The Hall–Kier alpha value is -1.44. The van der Waals surface area contributed by atoms with E-state index in [4.69, 9.17) is 4.74 Å². The highest BCUT2D eigenvalue weighted by atomic mass is 32.2. The van der Waals surface area contributed by atoms with Crippen molar-refractivity contribution < 1.29 is 23.1 Å². The highest BCUT2D eigenvalue weighted by Crippen LogP contribution is 2.45. The molecule has 6 nitrogen and oxygen atoms in total. The summed E-state index contributed by atoms with van der Waals surface area (Å²) < 4.78 is 32.5. The molecule has 1 aromatic carbocycles. The SMILES string of the molecule is O=C(O)C(NS(=O)(=O)[C@@H]1C[C@H]1c1ccccc1)C1CCCO1. The zero-order valence-electron chi connectivity index (χ0n) is 12.0. The van der Waals surface area contributed by atoms with Gasteiger partial charge in [0.2, 0.25) is 10.0 Å². The van der Waals surface area contributed by atoms with E-state index in [0.717, 1.165) is 12.0 Å². The summed E-state index contributed by atoms with van der Waals surface area (Å²) in [5.74, 6) is -1.25. The van der Waals surface area contributed by atoms with Crippen LogP contribution in [0.3, 0.4) is 0 Å². The molecule has 1 aromatic rings. The number of carboxylic acid groups (broad SMARTS) is 1. The second kappa shape index (κ2) is 5.98. The predicted molar refractivity (Wildman–Crippen MR) is 80.0 cm³/mol. The molecule has 1 saturated heterocycles. The first kappa shape index (κ1) is 15.5. The molecule has 7 heteroatoms. The summed E-state index contributed by atoms with van der Waals surface area (Å²) in [5, 5.41) is 8.72. The van der Waals surface area contributed by atoms with Crippen LogP contribution in [0, 0.1) is 0 Å². The Balaban J connectivity index is 1.69. The van der Waals surface area contributed by atoms with Crippen molar-refractivity contribution in [2.45, 2.75) is 42.6 Å². The Morgan fingerprint density at radius 2 is 2.05 bits per heavy atom. The van der Waals surface area contributed by atoms with E-state index in [1.807, 2.05) is 30.3 Å². The third kappa shape index (κ3) is 3.16. The van der Waals surface area contributed by atoms with E-state index < -0.39 is 33.4 Å². The summed E-state index contributed by atoms with van der Waals surface area (Å²) >= 11 is 0. The van der Waals surface area contributed by atoms with E-state index in [0.29, 0.717) is 19.4 Å². The topological polar surface area (TPSA) is 92.7 Å². The molecule has 2 unspecified atom stereocenters. The summed E-state index contributed by atoms with van der Waals surface area (Å²) in [4.78, 5) is 11.4. The molecule has 4 atom stereocenters. The van der Waals surface area contributed by atoms with Crippen LogP contribution in [0.4, 0.5) is 0 Å². The number of carboxylic acids is 1. The molecule has 3 rings (SSSR count). The average Bonchev–Trinajstić information content (AvgIpc) is 3.14. The minimum absolute atomic E-state index is 0.0577. The first-order valence-corrected chi connectivity index (χ1v) is 8.94. The van der Waals surface area contributed by atoms with Gasteiger partial charge >= 0.3 is 5.97 Å². The standard InChI is InChI=1S/C15H19NO5S/c17-15(18)14(12-7-4-8-21-12)16-22(19,20)13-9-11(13)10-5-2-1-3-6-10/h1-3,5-6,11-14,16H,4,7-9H2,(H,17,18)/t11-,12?,13+,14?/m0/s1. The minimum atomic E-state index is -3.68. The van der Waals surface area contributed by atoms with Crippen molar-refractivity contribution in [3.63, 3.8) is 0 Å². The molecule has 1 aliphatic carbocycles. The maximum atomic E-state index is 12.4. The molecule has 0 bridgehead atoms. The second-order valence-electron chi connectivity index (χ2n) is 5.82. The molecule has 2 N–H and O–H groups in total. The van der Waals surface area contributed by atoms with Gasteiger partial charge in [0.25, 0.3) is 0 Å². The summed E-state index contributed by atoms with van der Waals surface area (Å²) in [7, 11) is -3.68. The number of aliphatic carboxylic acids is 1. The smallest absolute Gasteiger partial charge is 0.324 e. The van der Waals surface area contributed by atoms with Crippen LogP contribution < -0.4 is 4.72 Å². The zero-order valence-corrected chi connectivity index (χ0v) is 12.8. The molecule has 120 valence electrons. The lowest BCUT2D eigenvalue weighted by Gasteiger charge is -2.20. The van der Waals surface area contributed by atoms with Gasteiger partial charge in [-0.3, -0.25) is 4.79 Å². The molecule has 2 aliphatic rings. The first-order chi connectivity index (χ1) is 10.5. The second-order valence-corrected chi connectivity index (χ2v) is 7.75. The van der Waals surface area contributed by atoms with Crippen LogP contribution in [-0.2, 0) is 19.6 Å². The van der Waals surface area contributed by atoms with Crippen molar-refractivity contribution in [2.24, 2.45) is 0 Å². The number of sulfonamides is 1. The van der Waals surface area contributed by atoms with Crippen LogP contribution in [0.1, 0.15) is 30.7 Å². The van der Waals surface area contributed by atoms with Gasteiger partial charge in [0.1, 0.15) is 6.04 Å². The lowest BCUT2D eigenvalue weighted by molar-refractivity contribution is -0.142. The predicted octanol–water partition coefficient (Wildman–Crippen LogP) is 1.09. The van der Waals surface area contributed by atoms with Crippen LogP contribution in [0.15, 0.2) is 30.3 Å². The van der Waals surface area contributed by atoms with Crippen molar-refractivity contribution in [3.05, 3.63) is 35.9 Å². The highest BCUT2D eigenvalue weighted by molar-refractivity contribution is 7.90. The number of benzene rings is 1. The molecule has 22 heavy (non-hydrogen) atoms. The van der Waals surface area contributed by atoms with E-state index in [9.17, 15) is 18.3 Å². The molecular formula is C15H19NO5S. The van der Waals surface area contributed by atoms with Crippen molar-refractivity contribution in [1.82, 2.24) is 4.72 Å². The van der Waals surface area contributed by atoms with Gasteiger partial charge in [-0.15, -0.1) is 0 Å². The van der Waals surface area contributed by atoms with E-state index in [-0.39, 0.29) is 5.92 Å². The number of carbonyl (C=O) groups is 1. The summed E-state index contributed by atoms with van der Waals surface area (Å²) in [5.41, 5.74) is 0.974. The van der Waals surface area contributed by atoms with Crippen LogP contribution in [0.25, 0.3) is 0 Å². The minimum Gasteiger partial charge on any atom is -0.480 e. The van der Waals surface area contributed by atoms with Crippen LogP contribution in [0.2, 0.25) is 0 Å². The number of hydrogen-bond acceptors (Lipinski definition) is 4. The molecule has 1 heterocycles. The highest BCUT2D eigenvalue weighted by Gasteiger charge is 2.50. The largest absolute Gasteiger partial charge is 0.480 e. The molecular weight excluding hydrogens is 306 g/mol. The summed E-state index contributed by atoms with van der Waals surface area (Å²) in [6.45, 7) is 0.478. The average molecular weight is 325 g/mol. The molecule has 1 saturated carbocycles. The molecule has 0 spiro atoms. The van der Waals surface area contributed by atoms with Crippen LogP contribution >= 0.6 is 0 Å². The van der Waals surface area contributed by atoms with Crippen molar-refractivity contribution >= 4 is 16.0 Å². The van der Waals surface area contributed by atoms with Gasteiger partial charge in [-0.2, -0.15) is 4.72 Å². The zero-order chi connectivity index (χ0) is 15.7. The van der Waals surface area contributed by atoms with Gasteiger partial charge in [0.15, 0.2) is 0 Å². The molecule has 1 aliphatic heterocycles. The molecule has 0 amide bonds. The van der Waals surface area contributed by atoms with Gasteiger partial charge in [-0.25, -0.2) is 8.42 Å². The number of nitrogens with one attached hydrogen (secondary N) is 1. The van der Waals surface area contributed by atoms with Crippen molar-refractivity contribution in [3.8, 4) is 0 Å². The van der Waals surface area contributed by atoms with Gasteiger partial charge in [-0.05, 0) is 24.8 Å². The fourth-order valence-corrected chi connectivity index (χ4v) is 4.81. The lowest BCUT2D eigenvalue weighted by atomic mass is 10.1. The fourth-order valence-electron chi connectivity index (χ4n) is 2.98. The Morgan fingerprint density at radius 1 is 1.32 bits per heavy atom. The number of rotatable bonds is 6. The van der Waals surface area contributed by atoms with E-state index in [1.54, 1.807) is 0 Å². The Labute approximate surface area is 129 Å². The van der Waals surface area contributed by atoms with E-state index in [2.05, 4.69) is 4.72 Å². The Morgan fingerprint density at radius 3 is 2.64 bits per heavy atom. The van der Waals surface area contributed by atoms with Crippen molar-refractivity contribution in [2.75, 3.05) is 6.61 Å². The number of hydrogen-bond donors (Lipinski definition) is 2. The monoisotopic (exact) mass is 325 g/mol. The lowest BCUT2D eigenvalue weighted by Crippen LogP contribution is -2.49. The molecule has 0 radical (unpaired) electrons. The third-order valence-electron chi connectivity index (χ3n) is 4.25. The van der Waals surface area contributed by atoms with E-state index >= 15 is 0 Å². The van der Waals surface area contributed by atoms with Gasteiger partial charge in [0.05, 0.1) is 11.4 Å². The third-order valence-corrected chi connectivity index (χ3v) is 6.15. The van der Waals surface area contributed by atoms with Gasteiger partial charge in [-0.1, -0.05) is 30.3 Å². The summed E-state index contributed by atoms with van der Waals surface area (Å²) in [6.07, 6.45) is 1.26. The fraction of sp³-hybridized carbons (Fsp3) is 0.533. The first-order valence-electron chi connectivity index (χ1n) is 7.39. The van der Waals surface area contributed by atoms with Crippen LogP contribution in [0.5, 0.6) is 0 Å². The normalized spacial score (nSPS) is 29.2. The quantitative estimate of drug-likeness (QED) is 0.817. The molecule has 0 aromatic heterocycles. The van der Waals surface area contributed by atoms with Crippen LogP contribution in [-0.4, -0.2) is 43.5 Å².